The lowest BCUT2D eigenvalue weighted by Gasteiger charge is -2.08. The monoisotopic (exact) mass is 460 g/mol. The molecular weight excluding hydrogens is 428 g/mol. The van der Waals surface area contributed by atoms with Crippen LogP contribution in [0.4, 0.5) is 11.4 Å². The predicted molar refractivity (Wildman–Crippen MR) is 131 cm³/mol. The highest BCUT2D eigenvalue weighted by molar-refractivity contribution is 5.93. The van der Waals surface area contributed by atoms with Gasteiger partial charge in [-0.3, -0.25) is 9.59 Å². The summed E-state index contributed by atoms with van der Waals surface area (Å²) in [6.07, 6.45) is 4.26. The molecule has 2 aromatic heterocycles. The summed E-state index contributed by atoms with van der Waals surface area (Å²) < 4.78 is 11.7. The summed E-state index contributed by atoms with van der Waals surface area (Å²) in [6, 6.07) is 15.2. The SMILES string of the molecule is C[C@@H]1C[C@@H]1c1ccc(CCC(=O)Nc2ccc(NC(=O)CCc3ccc([C@@H]4C[C@H]4C)o3)cc2)o1. The number of hydrogen-bond donors (Lipinski definition) is 2. The van der Waals surface area contributed by atoms with E-state index in [4.69, 9.17) is 8.83 Å². The number of hydrogen-bond acceptors (Lipinski definition) is 4. The number of furan rings is 2. The van der Waals surface area contributed by atoms with Gasteiger partial charge in [-0.1, -0.05) is 13.8 Å². The Hall–Kier alpha value is -3.28. The van der Waals surface area contributed by atoms with Crippen molar-refractivity contribution in [3.63, 3.8) is 0 Å². The van der Waals surface area contributed by atoms with Crippen LogP contribution in [-0.2, 0) is 22.4 Å². The van der Waals surface area contributed by atoms with Gasteiger partial charge >= 0.3 is 0 Å². The summed E-state index contributed by atoms with van der Waals surface area (Å²) >= 11 is 0. The van der Waals surface area contributed by atoms with Gasteiger partial charge in [0.2, 0.25) is 11.8 Å². The fourth-order valence-electron chi connectivity index (χ4n) is 4.45. The molecule has 4 atom stereocenters. The molecule has 2 aliphatic carbocycles. The molecule has 2 aliphatic rings. The van der Waals surface area contributed by atoms with Crippen molar-refractivity contribution >= 4 is 23.2 Å². The number of nitrogens with one attached hydrogen (secondary N) is 2. The first-order valence-electron chi connectivity index (χ1n) is 12.3. The van der Waals surface area contributed by atoms with Crippen LogP contribution in [0.25, 0.3) is 0 Å². The van der Waals surface area contributed by atoms with Gasteiger partial charge in [0.15, 0.2) is 0 Å². The molecule has 2 N–H and O–H groups in total. The highest BCUT2D eigenvalue weighted by atomic mass is 16.3. The Bertz CT molecular complexity index is 1070. The van der Waals surface area contributed by atoms with E-state index in [-0.39, 0.29) is 11.8 Å². The van der Waals surface area contributed by atoms with Gasteiger partial charge in [-0.05, 0) is 73.2 Å². The Balaban J connectivity index is 1.03. The van der Waals surface area contributed by atoms with E-state index >= 15 is 0 Å². The molecule has 0 unspecified atom stereocenters. The van der Waals surface area contributed by atoms with Crippen LogP contribution < -0.4 is 10.6 Å². The van der Waals surface area contributed by atoms with Gasteiger partial charge in [-0.15, -0.1) is 0 Å². The van der Waals surface area contributed by atoms with Crippen LogP contribution in [0.1, 0.15) is 74.4 Å². The average molecular weight is 461 g/mol. The predicted octanol–water partition coefficient (Wildman–Crippen LogP) is 6.26. The van der Waals surface area contributed by atoms with Crippen LogP contribution >= 0.6 is 0 Å². The second-order valence-corrected chi connectivity index (χ2v) is 9.92. The Labute approximate surface area is 200 Å². The quantitative estimate of drug-likeness (QED) is 0.374. The normalized spacial score (nSPS) is 22.9. The zero-order valence-corrected chi connectivity index (χ0v) is 19.8. The molecule has 2 heterocycles. The maximum atomic E-state index is 12.3. The highest BCUT2D eigenvalue weighted by Crippen LogP contribution is 2.48. The van der Waals surface area contributed by atoms with Crippen LogP contribution in [0, 0.1) is 11.8 Å². The highest BCUT2D eigenvalue weighted by Gasteiger charge is 2.37. The van der Waals surface area contributed by atoms with E-state index in [0.29, 0.717) is 60.7 Å². The standard InChI is InChI=1S/C28H32N2O4/c1-17-15-23(17)25-11-7-21(33-25)9-13-27(31)29-19-3-5-20(6-4-19)30-28(32)14-10-22-8-12-26(34-22)24-16-18(24)2/h3-8,11-12,17-18,23-24H,9-10,13-16H2,1-2H3,(H,29,31)(H,30,32)/t17-,18-,23-,24+/m1/s1. The van der Waals surface area contributed by atoms with Crippen LogP contribution in [-0.4, -0.2) is 11.8 Å². The first-order chi connectivity index (χ1) is 16.4. The lowest BCUT2D eigenvalue weighted by atomic mass is 10.2. The molecular formula is C28H32N2O4. The second kappa shape index (κ2) is 9.53. The molecule has 5 rings (SSSR count). The van der Waals surface area contributed by atoms with Crippen LogP contribution in [0.3, 0.4) is 0 Å². The van der Waals surface area contributed by atoms with E-state index in [2.05, 4.69) is 24.5 Å². The number of carbonyl (C=O) groups excluding carboxylic acids is 2. The summed E-state index contributed by atoms with van der Waals surface area (Å²) in [4.78, 5) is 24.6. The summed E-state index contributed by atoms with van der Waals surface area (Å²) in [5.74, 6) is 6.19. The number of carbonyl (C=O) groups is 2. The number of aryl methyl sites for hydroxylation is 2. The van der Waals surface area contributed by atoms with Crippen molar-refractivity contribution in [3.05, 3.63) is 71.6 Å². The van der Waals surface area contributed by atoms with Gasteiger partial charge in [0, 0.05) is 48.9 Å². The van der Waals surface area contributed by atoms with Crippen molar-refractivity contribution in [1.82, 2.24) is 0 Å². The molecule has 178 valence electrons. The van der Waals surface area contributed by atoms with Crippen LogP contribution in [0.5, 0.6) is 0 Å². The van der Waals surface area contributed by atoms with E-state index in [1.807, 2.05) is 24.3 Å². The Kier molecular flexibility index (Phi) is 6.31. The van der Waals surface area contributed by atoms with E-state index in [9.17, 15) is 9.59 Å². The minimum atomic E-state index is -0.0621. The number of rotatable bonds is 10. The maximum absolute atomic E-state index is 12.3. The zero-order chi connectivity index (χ0) is 23.7. The second-order valence-electron chi connectivity index (χ2n) is 9.92. The zero-order valence-electron chi connectivity index (χ0n) is 19.8. The molecule has 0 bridgehead atoms. The minimum absolute atomic E-state index is 0.0621. The van der Waals surface area contributed by atoms with Crippen molar-refractivity contribution in [2.24, 2.45) is 11.8 Å². The van der Waals surface area contributed by atoms with E-state index in [1.54, 1.807) is 24.3 Å². The average Bonchev–Trinajstić information content (AvgIpc) is 3.58. The first-order valence-corrected chi connectivity index (χ1v) is 12.3. The van der Waals surface area contributed by atoms with E-state index in [0.717, 1.165) is 23.0 Å². The van der Waals surface area contributed by atoms with Gasteiger partial charge in [-0.2, -0.15) is 0 Å². The molecule has 0 radical (unpaired) electrons. The number of anilines is 2. The number of amides is 2. The molecule has 0 spiro atoms. The van der Waals surface area contributed by atoms with Crippen molar-refractivity contribution in [2.75, 3.05) is 10.6 Å². The largest absolute Gasteiger partial charge is 0.466 e. The molecule has 3 aromatic rings. The fourth-order valence-corrected chi connectivity index (χ4v) is 4.45. The lowest BCUT2D eigenvalue weighted by Crippen LogP contribution is -2.13. The van der Waals surface area contributed by atoms with Crippen LogP contribution in [0.15, 0.2) is 57.4 Å². The molecule has 0 saturated heterocycles. The summed E-state index contributed by atoms with van der Waals surface area (Å²) in [6.45, 7) is 4.45. The molecule has 0 aliphatic heterocycles. The molecule has 2 amide bonds. The van der Waals surface area contributed by atoms with Crippen molar-refractivity contribution in [2.45, 2.75) is 64.2 Å². The third kappa shape index (κ3) is 5.61. The lowest BCUT2D eigenvalue weighted by molar-refractivity contribution is -0.117. The van der Waals surface area contributed by atoms with Gasteiger partial charge in [0.05, 0.1) is 0 Å². The molecule has 6 heteroatoms. The summed E-state index contributed by atoms with van der Waals surface area (Å²) in [5, 5.41) is 5.80. The Morgan fingerprint density at radius 1 is 0.706 bits per heavy atom. The van der Waals surface area contributed by atoms with Gasteiger partial charge in [0.25, 0.3) is 0 Å². The Morgan fingerprint density at radius 2 is 1.09 bits per heavy atom. The molecule has 2 fully saturated rings. The third-order valence-corrected chi connectivity index (χ3v) is 6.96. The van der Waals surface area contributed by atoms with Crippen molar-refractivity contribution < 1.29 is 18.4 Å². The summed E-state index contributed by atoms with van der Waals surface area (Å²) in [7, 11) is 0. The van der Waals surface area contributed by atoms with E-state index in [1.165, 1.54) is 12.8 Å². The Morgan fingerprint density at radius 3 is 1.44 bits per heavy atom. The van der Waals surface area contributed by atoms with Gasteiger partial charge < -0.3 is 19.5 Å². The van der Waals surface area contributed by atoms with E-state index < -0.39 is 0 Å². The third-order valence-electron chi connectivity index (χ3n) is 6.96. The first kappa shape index (κ1) is 22.5. The molecule has 1 aromatic carbocycles. The van der Waals surface area contributed by atoms with Gasteiger partial charge in [0.1, 0.15) is 23.0 Å². The van der Waals surface area contributed by atoms with Crippen LogP contribution in [0.2, 0.25) is 0 Å². The minimum Gasteiger partial charge on any atom is -0.466 e. The maximum Gasteiger partial charge on any atom is 0.224 e. The number of benzene rings is 1. The topological polar surface area (TPSA) is 84.5 Å². The summed E-state index contributed by atoms with van der Waals surface area (Å²) in [5.41, 5.74) is 1.40. The van der Waals surface area contributed by atoms with Crippen molar-refractivity contribution in [3.8, 4) is 0 Å². The van der Waals surface area contributed by atoms with Crippen molar-refractivity contribution in [1.29, 1.82) is 0 Å². The molecule has 34 heavy (non-hydrogen) atoms. The fraction of sp³-hybridized carbons (Fsp3) is 0.429. The molecule has 2 saturated carbocycles. The molecule has 6 nitrogen and oxygen atoms in total. The van der Waals surface area contributed by atoms with Gasteiger partial charge in [-0.25, -0.2) is 0 Å². The smallest absolute Gasteiger partial charge is 0.224 e.